The first-order valence-electron chi connectivity index (χ1n) is 7.31. The van der Waals surface area contributed by atoms with Gasteiger partial charge in [-0.05, 0) is 43.5 Å². The van der Waals surface area contributed by atoms with Gasteiger partial charge in [-0.2, -0.15) is 0 Å². The first-order valence-corrected chi connectivity index (χ1v) is 7.69. The van der Waals surface area contributed by atoms with E-state index in [2.05, 4.69) is 5.32 Å². The van der Waals surface area contributed by atoms with Gasteiger partial charge in [0, 0.05) is 5.69 Å². The summed E-state index contributed by atoms with van der Waals surface area (Å²) in [5.74, 6) is 0.354. The number of ether oxygens (including phenoxy) is 1. The topological polar surface area (TPSA) is 38.3 Å². The average molecular weight is 318 g/mol. The van der Waals surface area contributed by atoms with Crippen LogP contribution in [-0.4, -0.2) is 12.0 Å². The minimum atomic E-state index is -0.584. The highest BCUT2D eigenvalue weighted by molar-refractivity contribution is 6.32. The van der Waals surface area contributed by atoms with Crippen LogP contribution in [0.25, 0.3) is 0 Å². The lowest BCUT2D eigenvalue weighted by atomic mass is 10.1. The number of hydrogen-bond donors (Lipinski definition) is 1. The van der Waals surface area contributed by atoms with Gasteiger partial charge >= 0.3 is 0 Å². The van der Waals surface area contributed by atoms with E-state index in [0.717, 1.165) is 16.8 Å². The van der Waals surface area contributed by atoms with Crippen molar-refractivity contribution in [3.05, 3.63) is 58.6 Å². The van der Waals surface area contributed by atoms with Crippen LogP contribution in [0.4, 0.5) is 5.69 Å². The molecule has 0 aliphatic rings. The molecule has 1 N–H and O–H groups in total. The van der Waals surface area contributed by atoms with Crippen LogP contribution in [0.15, 0.2) is 42.5 Å². The Balaban J connectivity index is 2.14. The Morgan fingerprint density at radius 2 is 1.77 bits per heavy atom. The zero-order chi connectivity index (χ0) is 16.1. The van der Waals surface area contributed by atoms with Gasteiger partial charge in [0.25, 0.3) is 5.91 Å². The lowest BCUT2D eigenvalue weighted by Gasteiger charge is -2.19. The molecule has 1 amide bonds. The molecule has 0 fully saturated rings. The van der Waals surface area contributed by atoms with Gasteiger partial charge in [-0.15, -0.1) is 0 Å². The first-order chi connectivity index (χ1) is 10.5. The first kappa shape index (κ1) is 16.4. The number of aryl methyl sites for hydroxylation is 2. The van der Waals surface area contributed by atoms with Crippen molar-refractivity contribution >= 4 is 23.2 Å². The molecule has 0 spiro atoms. The fourth-order valence-electron chi connectivity index (χ4n) is 2.23. The Hall–Kier alpha value is -2.00. The number of para-hydroxylation sites is 2. The molecule has 3 nitrogen and oxygen atoms in total. The molecule has 22 heavy (non-hydrogen) atoms. The van der Waals surface area contributed by atoms with Crippen molar-refractivity contribution in [2.45, 2.75) is 33.3 Å². The minimum absolute atomic E-state index is 0.167. The Morgan fingerprint density at radius 1 is 1.14 bits per heavy atom. The lowest BCUT2D eigenvalue weighted by Crippen LogP contribution is -2.32. The van der Waals surface area contributed by atoms with Crippen LogP contribution < -0.4 is 10.1 Å². The maximum atomic E-state index is 12.5. The van der Waals surface area contributed by atoms with Crippen LogP contribution in [0.2, 0.25) is 5.02 Å². The summed E-state index contributed by atoms with van der Waals surface area (Å²) in [4.78, 5) is 12.5. The van der Waals surface area contributed by atoms with E-state index in [0.29, 0.717) is 17.2 Å². The summed E-state index contributed by atoms with van der Waals surface area (Å²) in [6.07, 6.45) is -0.0268. The number of benzene rings is 2. The maximum absolute atomic E-state index is 12.5. The number of nitrogens with one attached hydrogen (secondary N) is 1. The third-order valence-corrected chi connectivity index (χ3v) is 3.81. The summed E-state index contributed by atoms with van der Waals surface area (Å²) >= 11 is 6.08. The van der Waals surface area contributed by atoms with Crippen LogP contribution in [-0.2, 0) is 4.79 Å². The number of rotatable bonds is 5. The van der Waals surface area contributed by atoms with Gasteiger partial charge in [0.2, 0.25) is 0 Å². The molecule has 0 aromatic heterocycles. The maximum Gasteiger partial charge on any atom is 0.265 e. The summed E-state index contributed by atoms with van der Waals surface area (Å²) in [5.41, 5.74) is 2.90. The predicted molar refractivity (Wildman–Crippen MR) is 90.7 cm³/mol. The van der Waals surface area contributed by atoms with Crippen molar-refractivity contribution in [3.63, 3.8) is 0 Å². The second-order valence-electron chi connectivity index (χ2n) is 5.20. The van der Waals surface area contributed by atoms with E-state index in [4.69, 9.17) is 16.3 Å². The molecule has 2 rings (SSSR count). The van der Waals surface area contributed by atoms with Gasteiger partial charge in [-0.25, -0.2) is 0 Å². The Morgan fingerprint density at radius 3 is 2.36 bits per heavy atom. The molecule has 0 aliphatic heterocycles. The SMILES string of the molecule is CC[C@@H](Oc1ccccc1Cl)C(=O)Nc1c(C)cccc1C. The smallest absolute Gasteiger partial charge is 0.265 e. The fourth-order valence-corrected chi connectivity index (χ4v) is 2.41. The van der Waals surface area contributed by atoms with Gasteiger partial charge in [-0.3, -0.25) is 4.79 Å². The number of amides is 1. The summed E-state index contributed by atoms with van der Waals surface area (Å²) in [7, 11) is 0. The molecule has 0 unspecified atom stereocenters. The van der Waals surface area contributed by atoms with Gasteiger partial charge in [0.05, 0.1) is 5.02 Å². The quantitative estimate of drug-likeness (QED) is 0.864. The number of hydrogen-bond acceptors (Lipinski definition) is 2. The second-order valence-corrected chi connectivity index (χ2v) is 5.61. The minimum Gasteiger partial charge on any atom is -0.479 e. The highest BCUT2D eigenvalue weighted by atomic mass is 35.5. The largest absolute Gasteiger partial charge is 0.479 e. The third kappa shape index (κ3) is 3.80. The molecule has 1 atom stereocenters. The van der Waals surface area contributed by atoms with Crippen molar-refractivity contribution in [1.82, 2.24) is 0 Å². The molecule has 4 heteroatoms. The molecule has 2 aromatic carbocycles. The van der Waals surface area contributed by atoms with Crippen LogP contribution in [0.1, 0.15) is 24.5 Å². The van der Waals surface area contributed by atoms with Crippen LogP contribution in [0.3, 0.4) is 0 Å². The van der Waals surface area contributed by atoms with Crippen LogP contribution >= 0.6 is 11.6 Å². The Kier molecular flexibility index (Phi) is 5.45. The van der Waals surface area contributed by atoms with Gasteiger partial charge < -0.3 is 10.1 Å². The van der Waals surface area contributed by atoms with E-state index < -0.39 is 6.10 Å². The van der Waals surface area contributed by atoms with E-state index >= 15 is 0 Å². The Labute approximate surface area is 136 Å². The summed E-state index contributed by atoms with van der Waals surface area (Å²) in [6.45, 7) is 5.85. The summed E-state index contributed by atoms with van der Waals surface area (Å²) in [6, 6.07) is 13.1. The van der Waals surface area contributed by atoms with E-state index in [-0.39, 0.29) is 5.91 Å². The van der Waals surface area contributed by atoms with Crippen LogP contribution in [0, 0.1) is 13.8 Å². The van der Waals surface area contributed by atoms with Crippen molar-refractivity contribution in [3.8, 4) is 5.75 Å². The molecule has 0 saturated carbocycles. The summed E-state index contributed by atoms with van der Waals surface area (Å²) < 4.78 is 5.76. The van der Waals surface area contributed by atoms with Crippen molar-refractivity contribution < 1.29 is 9.53 Å². The summed E-state index contributed by atoms with van der Waals surface area (Å²) in [5, 5.41) is 3.46. The average Bonchev–Trinajstić information content (AvgIpc) is 2.50. The Bertz CT molecular complexity index is 650. The number of carbonyl (C=O) groups is 1. The zero-order valence-corrected chi connectivity index (χ0v) is 13.8. The van der Waals surface area contributed by atoms with E-state index in [9.17, 15) is 4.79 Å². The number of carbonyl (C=O) groups excluding carboxylic acids is 1. The van der Waals surface area contributed by atoms with Crippen LogP contribution in [0.5, 0.6) is 5.75 Å². The highest BCUT2D eigenvalue weighted by Gasteiger charge is 2.20. The standard InChI is InChI=1S/C18H20ClNO2/c1-4-15(22-16-11-6-5-10-14(16)19)18(21)20-17-12(2)8-7-9-13(17)3/h5-11,15H,4H2,1-3H3,(H,20,21)/t15-/m1/s1. The normalized spacial score (nSPS) is 11.8. The molecular formula is C18H20ClNO2. The fraction of sp³-hybridized carbons (Fsp3) is 0.278. The second kappa shape index (κ2) is 7.32. The third-order valence-electron chi connectivity index (χ3n) is 3.50. The molecule has 0 aliphatic carbocycles. The monoisotopic (exact) mass is 317 g/mol. The highest BCUT2D eigenvalue weighted by Crippen LogP contribution is 2.26. The van der Waals surface area contributed by atoms with E-state index in [1.807, 2.05) is 51.1 Å². The van der Waals surface area contributed by atoms with Gasteiger partial charge in [-0.1, -0.05) is 48.9 Å². The van der Waals surface area contributed by atoms with Crippen molar-refractivity contribution in [2.75, 3.05) is 5.32 Å². The molecule has 0 heterocycles. The predicted octanol–water partition coefficient (Wildman–Crippen LogP) is 4.75. The van der Waals surface area contributed by atoms with E-state index in [1.165, 1.54) is 0 Å². The lowest BCUT2D eigenvalue weighted by molar-refractivity contribution is -0.122. The number of anilines is 1. The molecule has 116 valence electrons. The van der Waals surface area contributed by atoms with Gasteiger partial charge in [0.1, 0.15) is 5.75 Å². The molecule has 2 aromatic rings. The van der Waals surface area contributed by atoms with Gasteiger partial charge in [0.15, 0.2) is 6.10 Å². The number of halogens is 1. The van der Waals surface area contributed by atoms with E-state index in [1.54, 1.807) is 12.1 Å². The van der Waals surface area contributed by atoms with Crippen molar-refractivity contribution in [2.24, 2.45) is 0 Å². The molecule has 0 saturated heterocycles. The molecule has 0 radical (unpaired) electrons. The molecule has 0 bridgehead atoms. The van der Waals surface area contributed by atoms with Crippen molar-refractivity contribution in [1.29, 1.82) is 0 Å². The zero-order valence-electron chi connectivity index (χ0n) is 13.0. The molecular weight excluding hydrogens is 298 g/mol.